The van der Waals surface area contributed by atoms with E-state index >= 15 is 0 Å². The van der Waals surface area contributed by atoms with E-state index in [1.54, 1.807) is 24.3 Å². The molecule has 0 spiro atoms. The first-order chi connectivity index (χ1) is 14.5. The number of nitrogens with zero attached hydrogens (tertiary/aromatic N) is 3. The van der Waals surface area contributed by atoms with Crippen molar-refractivity contribution in [2.45, 2.75) is 19.9 Å². The molecule has 2 bridgehead atoms. The summed E-state index contributed by atoms with van der Waals surface area (Å²) in [5, 5.41) is 0.485. The molecule has 1 aromatic carbocycles. The maximum Gasteiger partial charge on any atom is 0.258 e. The van der Waals surface area contributed by atoms with Crippen molar-refractivity contribution in [3.8, 4) is 0 Å². The second kappa shape index (κ2) is 6.90. The topological polar surface area (TPSA) is 103 Å². The van der Waals surface area contributed by atoms with Gasteiger partial charge in [0.2, 0.25) is 17.7 Å². The summed E-state index contributed by atoms with van der Waals surface area (Å²) in [6.07, 6.45) is 4.92. The van der Waals surface area contributed by atoms with E-state index in [4.69, 9.17) is 0 Å². The lowest BCUT2D eigenvalue weighted by molar-refractivity contribution is -0.147. The Kier molecular flexibility index (Phi) is 4.30. The van der Waals surface area contributed by atoms with Gasteiger partial charge in [-0.2, -0.15) is 0 Å². The van der Waals surface area contributed by atoms with Gasteiger partial charge in [0.15, 0.2) is 0 Å². The van der Waals surface area contributed by atoms with Crippen molar-refractivity contribution in [3.05, 3.63) is 52.6 Å². The van der Waals surface area contributed by atoms with Crippen LogP contribution in [0.1, 0.15) is 19.2 Å². The fourth-order valence-electron chi connectivity index (χ4n) is 5.12. The SMILES string of the molecule is CCN(Cc1nc2ccccc2c(=O)[nH]1)C(=O)CN1C(=O)[C@@H]2[C@@H](C1=O)[C@H]1C=C[C@H]2C1. The van der Waals surface area contributed by atoms with E-state index < -0.39 is 0 Å². The maximum absolute atomic E-state index is 12.9. The third-order valence-corrected chi connectivity index (χ3v) is 6.59. The molecule has 1 saturated carbocycles. The number of aromatic amines is 1. The third kappa shape index (κ3) is 2.78. The number of imide groups is 1. The number of nitrogens with one attached hydrogen (secondary N) is 1. The normalized spacial score (nSPS) is 26.6. The Morgan fingerprint density at radius 2 is 1.80 bits per heavy atom. The molecule has 30 heavy (non-hydrogen) atoms. The summed E-state index contributed by atoms with van der Waals surface area (Å²) in [6, 6.07) is 7.00. The Morgan fingerprint density at radius 3 is 2.47 bits per heavy atom. The minimum atomic E-state index is -0.338. The number of benzene rings is 1. The first-order valence-electron chi connectivity index (χ1n) is 10.3. The predicted molar refractivity (Wildman–Crippen MR) is 108 cm³/mol. The van der Waals surface area contributed by atoms with Gasteiger partial charge in [0, 0.05) is 6.54 Å². The molecule has 2 aliphatic carbocycles. The van der Waals surface area contributed by atoms with Crippen LogP contribution in [0, 0.1) is 23.7 Å². The second-order valence-corrected chi connectivity index (χ2v) is 8.20. The average Bonchev–Trinajstić information content (AvgIpc) is 3.42. The van der Waals surface area contributed by atoms with Crippen molar-refractivity contribution in [2.75, 3.05) is 13.1 Å². The van der Waals surface area contributed by atoms with Gasteiger partial charge in [-0.15, -0.1) is 0 Å². The largest absolute Gasteiger partial charge is 0.334 e. The van der Waals surface area contributed by atoms with E-state index in [0.29, 0.717) is 23.3 Å². The number of carbonyl (C=O) groups excluding carboxylic acids is 3. The number of likely N-dealkylation sites (tertiary alicyclic amines) is 1. The number of allylic oxidation sites excluding steroid dienone is 2. The van der Waals surface area contributed by atoms with Crippen LogP contribution in [0.5, 0.6) is 0 Å². The molecule has 154 valence electrons. The van der Waals surface area contributed by atoms with Crippen molar-refractivity contribution >= 4 is 28.6 Å². The number of aromatic nitrogens is 2. The fourth-order valence-corrected chi connectivity index (χ4v) is 5.12. The highest BCUT2D eigenvalue weighted by molar-refractivity contribution is 6.08. The number of para-hydroxylation sites is 1. The van der Waals surface area contributed by atoms with Crippen molar-refractivity contribution in [1.82, 2.24) is 19.8 Å². The van der Waals surface area contributed by atoms with E-state index in [2.05, 4.69) is 9.97 Å². The molecule has 8 nitrogen and oxygen atoms in total. The summed E-state index contributed by atoms with van der Waals surface area (Å²) >= 11 is 0. The summed E-state index contributed by atoms with van der Waals surface area (Å²) in [5.74, 6) is -0.825. The molecule has 4 atom stereocenters. The molecule has 0 radical (unpaired) electrons. The van der Waals surface area contributed by atoms with E-state index in [9.17, 15) is 19.2 Å². The third-order valence-electron chi connectivity index (χ3n) is 6.59. The van der Waals surface area contributed by atoms with Gasteiger partial charge >= 0.3 is 0 Å². The van der Waals surface area contributed by atoms with Gasteiger partial charge in [0.1, 0.15) is 12.4 Å². The lowest BCUT2D eigenvalue weighted by Gasteiger charge is -2.24. The van der Waals surface area contributed by atoms with Gasteiger partial charge in [-0.05, 0) is 37.3 Å². The van der Waals surface area contributed by atoms with Crippen molar-refractivity contribution in [2.24, 2.45) is 23.7 Å². The standard InChI is InChI=1S/C22H22N4O4/c1-2-25(10-16-23-15-6-4-3-5-14(15)20(28)24-16)17(27)11-26-21(29)18-12-7-8-13(9-12)19(18)22(26)30/h3-8,12-13,18-19H,2,9-11H2,1H3,(H,23,24,28)/t12-,13-,18-,19-/m0/s1. The van der Waals surface area contributed by atoms with Crippen LogP contribution in [-0.2, 0) is 20.9 Å². The van der Waals surface area contributed by atoms with Crippen LogP contribution in [0.4, 0.5) is 0 Å². The molecule has 2 aromatic rings. The van der Waals surface area contributed by atoms with E-state index in [0.717, 1.165) is 11.3 Å². The highest BCUT2D eigenvalue weighted by Crippen LogP contribution is 2.52. The Hall–Kier alpha value is -3.29. The van der Waals surface area contributed by atoms with E-state index in [1.165, 1.54) is 4.90 Å². The number of carbonyl (C=O) groups is 3. The minimum Gasteiger partial charge on any atom is -0.334 e. The Morgan fingerprint density at radius 1 is 1.13 bits per heavy atom. The Bertz CT molecular complexity index is 1120. The molecule has 0 unspecified atom stereocenters. The molecule has 3 aliphatic rings. The van der Waals surface area contributed by atoms with E-state index in [-0.39, 0.29) is 60.0 Å². The van der Waals surface area contributed by atoms with Crippen LogP contribution >= 0.6 is 0 Å². The van der Waals surface area contributed by atoms with Gasteiger partial charge in [-0.25, -0.2) is 4.98 Å². The van der Waals surface area contributed by atoms with Gasteiger partial charge in [0.25, 0.3) is 5.56 Å². The average molecular weight is 406 g/mol. The Labute approximate surface area is 172 Å². The number of hydrogen-bond donors (Lipinski definition) is 1. The van der Waals surface area contributed by atoms with Crippen LogP contribution in [0.3, 0.4) is 0 Å². The molecule has 2 fully saturated rings. The highest BCUT2D eigenvalue weighted by atomic mass is 16.2. The van der Waals surface area contributed by atoms with Crippen LogP contribution in [-0.4, -0.2) is 50.6 Å². The number of H-pyrrole nitrogens is 1. The second-order valence-electron chi connectivity index (χ2n) is 8.20. The smallest absolute Gasteiger partial charge is 0.258 e. The van der Waals surface area contributed by atoms with Crippen LogP contribution < -0.4 is 5.56 Å². The van der Waals surface area contributed by atoms with Gasteiger partial charge < -0.3 is 9.88 Å². The first kappa shape index (κ1) is 18.7. The monoisotopic (exact) mass is 406 g/mol. The zero-order valence-corrected chi connectivity index (χ0v) is 16.6. The minimum absolute atomic E-state index is 0.102. The van der Waals surface area contributed by atoms with Crippen LogP contribution in [0.25, 0.3) is 10.9 Å². The number of fused-ring (bicyclic) bond motifs is 6. The van der Waals surface area contributed by atoms with Crippen LogP contribution in [0.15, 0.2) is 41.2 Å². The fraction of sp³-hybridized carbons (Fsp3) is 0.409. The quantitative estimate of drug-likeness (QED) is 0.591. The van der Waals surface area contributed by atoms with Crippen molar-refractivity contribution in [3.63, 3.8) is 0 Å². The lowest BCUT2D eigenvalue weighted by Crippen LogP contribution is -2.43. The number of hydrogen-bond acceptors (Lipinski definition) is 5. The van der Waals surface area contributed by atoms with E-state index in [1.807, 2.05) is 19.1 Å². The predicted octanol–water partition coefficient (Wildman–Crippen LogP) is 1.08. The Balaban J connectivity index is 1.33. The molecule has 1 aromatic heterocycles. The molecule has 3 amide bonds. The lowest BCUT2D eigenvalue weighted by atomic mass is 9.85. The molecule has 1 N–H and O–H groups in total. The summed E-state index contributed by atoms with van der Waals surface area (Å²) in [4.78, 5) is 60.6. The summed E-state index contributed by atoms with van der Waals surface area (Å²) in [7, 11) is 0. The summed E-state index contributed by atoms with van der Waals surface area (Å²) in [6.45, 7) is 2.01. The molecular formula is C22H22N4O4. The number of rotatable bonds is 5. The highest BCUT2D eigenvalue weighted by Gasteiger charge is 2.59. The molecule has 1 aliphatic heterocycles. The maximum atomic E-state index is 12.9. The van der Waals surface area contributed by atoms with Crippen LogP contribution in [0.2, 0.25) is 0 Å². The molecule has 1 saturated heterocycles. The van der Waals surface area contributed by atoms with Crippen molar-refractivity contribution in [1.29, 1.82) is 0 Å². The van der Waals surface area contributed by atoms with Crippen molar-refractivity contribution < 1.29 is 14.4 Å². The number of amides is 3. The summed E-state index contributed by atoms with van der Waals surface area (Å²) < 4.78 is 0. The first-order valence-corrected chi connectivity index (χ1v) is 10.3. The summed E-state index contributed by atoms with van der Waals surface area (Å²) in [5.41, 5.74) is 0.292. The molecule has 2 heterocycles. The van der Waals surface area contributed by atoms with Gasteiger partial charge in [-0.1, -0.05) is 24.3 Å². The molecule has 5 rings (SSSR count). The zero-order valence-electron chi connectivity index (χ0n) is 16.6. The molecular weight excluding hydrogens is 384 g/mol. The molecule has 8 heteroatoms. The zero-order chi connectivity index (χ0) is 21.0. The van der Waals surface area contributed by atoms with Gasteiger partial charge in [0.05, 0.1) is 29.3 Å². The van der Waals surface area contributed by atoms with Gasteiger partial charge in [-0.3, -0.25) is 24.1 Å². The number of likely N-dealkylation sites (N-methyl/N-ethyl adjacent to an activating group) is 1.